The number of hydrogen-bond acceptors (Lipinski definition) is 10. The highest BCUT2D eigenvalue weighted by atomic mass is 32.2. The van der Waals surface area contributed by atoms with E-state index in [-0.39, 0.29) is 5.60 Å². The highest BCUT2D eigenvalue weighted by Crippen LogP contribution is 2.45. The predicted molar refractivity (Wildman–Crippen MR) is 186 cm³/mol. The summed E-state index contributed by atoms with van der Waals surface area (Å²) in [5.74, 6) is -1.84. The number of nitrogens with zero attached hydrogens (tertiary/aromatic N) is 1. The molecular formula is C37H58NO11S+. The lowest BCUT2D eigenvalue weighted by Gasteiger charge is -2.38. The van der Waals surface area contributed by atoms with Gasteiger partial charge in [0.25, 0.3) is 10.1 Å². The zero-order chi connectivity index (χ0) is 37.6. The second-order valence-electron chi connectivity index (χ2n) is 15.4. The quantitative estimate of drug-likeness (QED) is 0.0392. The number of fused-ring (bicyclic) bond motifs is 1. The second kappa shape index (κ2) is 17.1. The van der Waals surface area contributed by atoms with Crippen LogP contribution in [0.3, 0.4) is 0 Å². The Labute approximate surface area is 297 Å². The van der Waals surface area contributed by atoms with Gasteiger partial charge >= 0.3 is 23.8 Å². The van der Waals surface area contributed by atoms with E-state index in [2.05, 4.69) is 39.5 Å². The molecule has 0 aliphatic carbocycles. The van der Waals surface area contributed by atoms with Crippen molar-refractivity contribution in [2.75, 3.05) is 0 Å². The van der Waals surface area contributed by atoms with E-state index in [4.69, 9.17) is 14.0 Å². The molecule has 0 bridgehead atoms. The molecule has 1 aromatic rings. The van der Waals surface area contributed by atoms with Crippen LogP contribution in [0.15, 0.2) is 0 Å². The summed E-state index contributed by atoms with van der Waals surface area (Å²) in [4.78, 5) is 51.4. The minimum Gasteiger partial charge on any atom is -0.487 e. The molecule has 50 heavy (non-hydrogen) atoms. The van der Waals surface area contributed by atoms with Crippen LogP contribution in [0.5, 0.6) is 11.5 Å². The number of imide groups is 1. The van der Waals surface area contributed by atoms with Crippen LogP contribution >= 0.6 is 0 Å². The SMILES string of the molecule is Cc1c(C)c2c(c(C)c1OC(=O)CCC(=O)O[N+]1(O)C(=O)CC(S(=O)(=O)O)C1=O)CC[C@@](C)(CCC[C@H](C)CCC[C@H](C)CCCC(C)C)O2. The molecule has 2 heterocycles. The minimum absolute atomic E-state index is 0.300. The lowest BCUT2D eigenvalue weighted by atomic mass is 9.83. The van der Waals surface area contributed by atoms with E-state index in [1.807, 2.05) is 20.8 Å². The zero-order valence-electron chi connectivity index (χ0n) is 31.1. The normalized spacial score (nSPS) is 23.4. The second-order valence-corrected chi connectivity index (χ2v) is 17.0. The molecule has 3 rings (SSSR count). The first-order chi connectivity index (χ1) is 23.2. The molecule has 0 spiro atoms. The average molecular weight is 725 g/mol. The Balaban J connectivity index is 1.51. The molecule has 2 N–H and O–H groups in total. The zero-order valence-corrected chi connectivity index (χ0v) is 31.9. The molecule has 12 nitrogen and oxygen atoms in total. The summed E-state index contributed by atoms with van der Waals surface area (Å²) in [5, 5.41) is 7.97. The monoisotopic (exact) mass is 724 g/mol. The van der Waals surface area contributed by atoms with Gasteiger partial charge in [-0.15, -0.1) is 0 Å². The molecule has 282 valence electrons. The number of quaternary nitrogens is 1. The first-order valence-corrected chi connectivity index (χ1v) is 19.6. The molecule has 13 heteroatoms. The van der Waals surface area contributed by atoms with E-state index in [1.165, 1.54) is 44.9 Å². The van der Waals surface area contributed by atoms with Gasteiger partial charge in [0.1, 0.15) is 28.3 Å². The van der Waals surface area contributed by atoms with Gasteiger partial charge in [-0.05, 0) is 87.8 Å². The fourth-order valence-electron chi connectivity index (χ4n) is 6.99. The van der Waals surface area contributed by atoms with Gasteiger partial charge in [-0.3, -0.25) is 9.35 Å². The molecule has 1 saturated heterocycles. The van der Waals surface area contributed by atoms with Crippen LogP contribution in [0.1, 0.15) is 140 Å². The fourth-order valence-corrected chi connectivity index (χ4v) is 7.74. The van der Waals surface area contributed by atoms with E-state index in [1.54, 1.807) is 0 Å². The Hall–Kier alpha value is -2.87. The summed E-state index contributed by atoms with van der Waals surface area (Å²) in [5.41, 5.74) is 3.01. The number of amides is 2. The third-order valence-corrected chi connectivity index (χ3v) is 11.5. The number of rotatable bonds is 18. The molecule has 5 atom stereocenters. The molecule has 2 aliphatic heterocycles. The van der Waals surface area contributed by atoms with E-state index in [0.717, 1.165) is 65.5 Å². The van der Waals surface area contributed by atoms with E-state index >= 15 is 0 Å². The molecule has 0 radical (unpaired) electrons. The summed E-state index contributed by atoms with van der Waals surface area (Å²) < 4.78 is 44.2. The van der Waals surface area contributed by atoms with Crippen LogP contribution < -0.4 is 9.47 Å². The maximum Gasteiger partial charge on any atom is 0.417 e. The molecule has 1 fully saturated rings. The van der Waals surface area contributed by atoms with Gasteiger partial charge in [0.15, 0.2) is 0 Å². The maximum atomic E-state index is 12.8. The molecule has 0 saturated carbocycles. The van der Waals surface area contributed by atoms with Crippen molar-refractivity contribution in [2.24, 2.45) is 17.8 Å². The van der Waals surface area contributed by atoms with Crippen molar-refractivity contribution in [1.29, 1.82) is 0 Å². The Kier molecular flexibility index (Phi) is 14.2. The first-order valence-electron chi connectivity index (χ1n) is 18.1. The lowest BCUT2D eigenvalue weighted by Crippen LogP contribution is -2.52. The Morgan fingerprint density at radius 1 is 0.900 bits per heavy atom. The van der Waals surface area contributed by atoms with E-state index in [9.17, 15) is 32.8 Å². The van der Waals surface area contributed by atoms with Gasteiger partial charge in [0.05, 0.1) is 12.8 Å². The third-order valence-electron chi connectivity index (χ3n) is 10.5. The number of carbonyl (C=O) groups excluding carboxylic acids is 4. The highest BCUT2D eigenvalue weighted by molar-refractivity contribution is 7.87. The van der Waals surface area contributed by atoms with Crippen LogP contribution in [0.2, 0.25) is 0 Å². The lowest BCUT2D eigenvalue weighted by molar-refractivity contribution is -1.12. The largest absolute Gasteiger partial charge is 0.487 e. The van der Waals surface area contributed by atoms with Gasteiger partial charge in [-0.25, -0.2) is 19.2 Å². The average Bonchev–Trinajstić information content (AvgIpc) is 3.24. The van der Waals surface area contributed by atoms with E-state index < -0.39 is 63.2 Å². The topological polar surface area (TPSA) is 171 Å². The predicted octanol–water partition coefficient (Wildman–Crippen LogP) is 7.20. The molecule has 0 aromatic heterocycles. The Morgan fingerprint density at radius 3 is 2.02 bits per heavy atom. The molecular weight excluding hydrogens is 666 g/mol. The molecule has 2 aliphatic rings. The number of carbonyl (C=O) groups is 4. The van der Waals surface area contributed by atoms with Gasteiger partial charge in [0.2, 0.25) is 5.25 Å². The van der Waals surface area contributed by atoms with Gasteiger partial charge < -0.3 is 9.47 Å². The van der Waals surface area contributed by atoms with Crippen LogP contribution in [0, 0.1) is 38.5 Å². The first kappa shape index (κ1) is 41.5. The number of hydroxylamine groups is 4. The number of ether oxygens (including phenoxy) is 2. The summed E-state index contributed by atoms with van der Waals surface area (Å²) in [6.07, 6.45) is 10.4. The van der Waals surface area contributed by atoms with Crippen molar-refractivity contribution in [3.05, 3.63) is 22.3 Å². The van der Waals surface area contributed by atoms with Crippen LogP contribution in [-0.2, 0) is 40.6 Å². The van der Waals surface area contributed by atoms with Crippen molar-refractivity contribution < 1.29 is 56.5 Å². The van der Waals surface area contributed by atoms with Gasteiger partial charge in [0, 0.05) is 5.56 Å². The van der Waals surface area contributed by atoms with Crippen molar-refractivity contribution in [2.45, 2.75) is 156 Å². The fraction of sp³-hybridized carbons (Fsp3) is 0.730. The highest BCUT2D eigenvalue weighted by Gasteiger charge is 2.65. The third kappa shape index (κ3) is 10.6. The Morgan fingerprint density at radius 2 is 1.46 bits per heavy atom. The maximum absolute atomic E-state index is 12.8. The number of hydrogen-bond donors (Lipinski definition) is 2. The number of esters is 1. The van der Waals surface area contributed by atoms with Crippen LogP contribution in [0.4, 0.5) is 0 Å². The van der Waals surface area contributed by atoms with Crippen molar-refractivity contribution in [1.82, 2.24) is 0 Å². The summed E-state index contributed by atoms with van der Waals surface area (Å²) in [6.45, 7) is 17.1. The van der Waals surface area contributed by atoms with Crippen molar-refractivity contribution in [3.8, 4) is 11.5 Å². The van der Waals surface area contributed by atoms with Crippen LogP contribution in [-0.4, -0.2) is 57.6 Å². The smallest absolute Gasteiger partial charge is 0.417 e. The van der Waals surface area contributed by atoms with Crippen molar-refractivity contribution >= 4 is 33.9 Å². The summed E-state index contributed by atoms with van der Waals surface area (Å²) >= 11 is 0. The van der Waals surface area contributed by atoms with Crippen LogP contribution in [0.25, 0.3) is 0 Å². The minimum atomic E-state index is -5.01. The molecule has 2 amide bonds. The van der Waals surface area contributed by atoms with E-state index in [0.29, 0.717) is 11.7 Å². The number of benzene rings is 1. The Bertz CT molecular complexity index is 1540. The molecule has 1 aromatic carbocycles. The molecule has 2 unspecified atom stereocenters. The van der Waals surface area contributed by atoms with Gasteiger partial charge in [-0.2, -0.15) is 13.6 Å². The standard InChI is InChI=1S/C37H57NO11S/c1-23(2)12-9-13-24(3)14-10-15-25(4)16-11-20-37(8)21-19-29-28(7)34(26(5)27(6)35(29)48-37)47-32(40)17-18-33(41)49-38(43)31(39)22-30(36(38)42)50(44,45)46/h23-25,30,43H,9-22H2,1-8H3/p+1/t24-,25-,30?,37-,38?/m1/s1. The van der Waals surface area contributed by atoms with Gasteiger partial charge in [-0.1, -0.05) is 72.6 Å². The summed E-state index contributed by atoms with van der Waals surface area (Å²) in [6, 6.07) is 0. The summed E-state index contributed by atoms with van der Waals surface area (Å²) in [7, 11) is -5.01. The van der Waals surface area contributed by atoms with Crippen molar-refractivity contribution in [3.63, 3.8) is 0 Å².